The fourth-order valence-electron chi connectivity index (χ4n) is 3.83. The van der Waals surface area contributed by atoms with E-state index in [0.29, 0.717) is 0 Å². The highest BCUT2D eigenvalue weighted by Crippen LogP contribution is 2.37. The van der Waals surface area contributed by atoms with Gasteiger partial charge < -0.3 is 9.55 Å². The molecule has 27 heavy (non-hydrogen) atoms. The minimum absolute atomic E-state index is 0.131. The number of halogens is 3. The topological polar surface area (TPSA) is 20.7 Å². The maximum atomic E-state index is 13.5. The number of benzene rings is 3. The molecule has 0 bridgehead atoms. The Morgan fingerprint density at radius 3 is 2.48 bits per heavy atom. The molecule has 5 aromatic rings. The monoisotopic (exact) mass is 364 g/mol. The van der Waals surface area contributed by atoms with Crippen LogP contribution in [-0.4, -0.2) is 9.55 Å². The van der Waals surface area contributed by atoms with Crippen LogP contribution in [0.1, 0.15) is 11.1 Å². The third-order valence-corrected chi connectivity index (χ3v) is 5.07. The molecule has 2 heterocycles. The second-order valence-electron chi connectivity index (χ2n) is 6.80. The van der Waals surface area contributed by atoms with Gasteiger partial charge in [-0.2, -0.15) is 13.2 Å². The maximum absolute atomic E-state index is 13.5. The summed E-state index contributed by atoms with van der Waals surface area (Å²) in [6.07, 6.45) is -2.71. The third kappa shape index (κ3) is 2.35. The van der Waals surface area contributed by atoms with E-state index in [4.69, 9.17) is 0 Å². The van der Waals surface area contributed by atoms with E-state index in [1.54, 1.807) is 16.8 Å². The lowest BCUT2D eigenvalue weighted by atomic mass is 10.1. The molecule has 0 amide bonds. The van der Waals surface area contributed by atoms with Crippen molar-refractivity contribution in [3.8, 4) is 5.69 Å². The van der Waals surface area contributed by atoms with Crippen LogP contribution in [0.3, 0.4) is 0 Å². The number of H-pyrrole nitrogens is 1. The lowest BCUT2D eigenvalue weighted by Crippen LogP contribution is -2.10. The first-order chi connectivity index (χ1) is 12.9. The molecule has 0 saturated heterocycles. The summed E-state index contributed by atoms with van der Waals surface area (Å²) in [6, 6.07) is 17.6. The summed E-state index contributed by atoms with van der Waals surface area (Å²) in [7, 11) is 0. The highest BCUT2D eigenvalue weighted by Gasteiger charge is 2.33. The Morgan fingerprint density at radius 2 is 1.67 bits per heavy atom. The fourth-order valence-corrected chi connectivity index (χ4v) is 3.83. The molecule has 0 atom stereocenters. The molecule has 0 aliphatic heterocycles. The molecule has 0 saturated carbocycles. The smallest absolute Gasteiger partial charge is 0.354 e. The van der Waals surface area contributed by atoms with Crippen molar-refractivity contribution in [2.24, 2.45) is 0 Å². The molecule has 0 unspecified atom stereocenters. The van der Waals surface area contributed by atoms with Crippen LogP contribution in [0.5, 0.6) is 0 Å². The van der Waals surface area contributed by atoms with E-state index in [9.17, 15) is 13.2 Å². The highest BCUT2D eigenvalue weighted by atomic mass is 19.4. The van der Waals surface area contributed by atoms with E-state index in [-0.39, 0.29) is 5.69 Å². The molecule has 0 radical (unpaired) electrons. The van der Waals surface area contributed by atoms with Crippen LogP contribution in [0.2, 0.25) is 0 Å². The number of nitrogens with one attached hydrogen (secondary N) is 1. The highest BCUT2D eigenvalue weighted by molar-refractivity contribution is 6.16. The first-order valence-corrected chi connectivity index (χ1v) is 8.62. The molecule has 0 fully saturated rings. The van der Waals surface area contributed by atoms with Gasteiger partial charge in [-0.3, -0.25) is 0 Å². The summed E-state index contributed by atoms with van der Waals surface area (Å²) >= 11 is 0. The molecule has 3 aromatic carbocycles. The number of aromatic amines is 1. The first-order valence-electron chi connectivity index (χ1n) is 8.62. The van der Waals surface area contributed by atoms with Crippen molar-refractivity contribution in [1.82, 2.24) is 9.55 Å². The van der Waals surface area contributed by atoms with Crippen molar-refractivity contribution >= 4 is 32.7 Å². The molecule has 0 aliphatic rings. The Hall–Kier alpha value is -3.21. The predicted octanol–water partition coefficient (Wildman–Crippen LogP) is 6.59. The second-order valence-corrected chi connectivity index (χ2v) is 6.80. The fraction of sp³-hybridized carbons (Fsp3) is 0.0909. The second kappa shape index (κ2) is 5.39. The van der Waals surface area contributed by atoms with Crippen molar-refractivity contribution in [2.45, 2.75) is 13.1 Å². The van der Waals surface area contributed by atoms with E-state index < -0.39 is 11.7 Å². The van der Waals surface area contributed by atoms with Gasteiger partial charge in [-0.25, -0.2) is 0 Å². The van der Waals surface area contributed by atoms with E-state index >= 15 is 0 Å². The SMILES string of the molecule is Cc1ccc2[nH]c3c(ccc4c3ccn4-c3ccccc3C(F)(F)F)c2c1. The van der Waals surface area contributed by atoms with Crippen LogP contribution in [-0.2, 0) is 6.18 Å². The molecule has 5 rings (SSSR count). The Bertz CT molecular complexity index is 1320. The van der Waals surface area contributed by atoms with Crippen LogP contribution < -0.4 is 0 Å². The number of aryl methyl sites for hydroxylation is 1. The van der Waals surface area contributed by atoms with Gasteiger partial charge in [0, 0.05) is 27.9 Å². The van der Waals surface area contributed by atoms with Gasteiger partial charge in [0.15, 0.2) is 0 Å². The van der Waals surface area contributed by atoms with Crippen molar-refractivity contribution in [1.29, 1.82) is 0 Å². The molecule has 0 spiro atoms. The van der Waals surface area contributed by atoms with Crippen LogP contribution in [0.15, 0.2) is 66.9 Å². The molecule has 1 N–H and O–H groups in total. The average Bonchev–Trinajstić information content (AvgIpc) is 3.22. The summed E-state index contributed by atoms with van der Waals surface area (Å²) in [5.41, 5.74) is 3.35. The minimum atomic E-state index is -4.41. The zero-order valence-corrected chi connectivity index (χ0v) is 14.4. The zero-order valence-electron chi connectivity index (χ0n) is 14.4. The molecule has 2 aromatic heterocycles. The number of rotatable bonds is 1. The lowest BCUT2D eigenvalue weighted by molar-refractivity contribution is -0.137. The van der Waals surface area contributed by atoms with E-state index in [1.165, 1.54) is 17.7 Å². The Balaban J connectivity index is 1.82. The van der Waals surface area contributed by atoms with E-state index in [2.05, 4.69) is 11.1 Å². The summed E-state index contributed by atoms with van der Waals surface area (Å²) in [5.74, 6) is 0. The standard InChI is InChI=1S/C22H15F3N2/c1-13-6-8-18-16(12-13)14-7-9-19-15(21(14)26-18)10-11-27(19)20-5-3-2-4-17(20)22(23,24)25/h2-12,26H,1H3. The van der Waals surface area contributed by atoms with Gasteiger partial charge in [0.1, 0.15) is 0 Å². The van der Waals surface area contributed by atoms with Gasteiger partial charge in [-0.05, 0) is 43.3 Å². The van der Waals surface area contributed by atoms with Crippen LogP contribution >= 0.6 is 0 Å². The van der Waals surface area contributed by atoms with Crippen molar-refractivity contribution in [2.75, 3.05) is 0 Å². The van der Waals surface area contributed by atoms with Crippen LogP contribution in [0, 0.1) is 6.92 Å². The zero-order chi connectivity index (χ0) is 18.8. The minimum Gasteiger partial charge on any atom is -0.354 e. The molecule has 0 aliphatic carbocycles. The lowest BCUT2D eigenvalue weighted by Gasteiger charge is -2.14. The molecule has 134 valence electrons. The van der Waals surface area contributed by atoms with Crippen molar-refractivity contribution < 1.29 is 13.2 Å². The molecule has 2 nitrogen and oxygen atoms in total. The quantitative estimate of drug-likeness (QED) is 0.346. The number of para-hydroxylation sites is 1. The summed E-state index contributed by atoms with van der Waals surface area (Å²) in [6.45, 7) is 2.04. The van der Waals surface area contributed by atoms with Crippen molar-refractivity contribution in [3.05, 3.63) is 78.0 Å². The van der Waals surface area contributed by atoms with Gasteiger partial charge in [-0.1, -0.05) is 29.8 Å². The Kier molecular flexibility index (Phi) is 3.20. The first kappa shape index (κ1) is 16.0. The van der Waals surface area contributed by atoms with E-state index in [1.807, 2.05) is 37.3 Å². The van der Waals surface area contributed by atoms with Crippen LogP contribution in [0.4, 0.5) is 13.2 Å². The number of fused-ring (bicyclic) bond motifs is 5. The van der Waals surface area contributed by atoms with E-state index in [0.717, 1.165) is 38.8 Å². The number of alkyl halides is 3. The van der Waals surface area contributed by atoms with Crippen LogP contribution in [0.25, 0.3) is 38.4 Å². The van der Waals surface area contributed by atoms with Gasteiger partial charge in [-0.15, -0.1) is 0 Å². The molecule has 5 heteroatoms. The van der Waals surface area contributed by atoms with Gasteiger partial charge in [0.25, 0.3) is 0 Å². The third-order valence-electron chi connectivity index (χ3n) is 5.07. The number of hydrogen-bond acceptors (Lipinski definition) is 0. The number of aromatic nitrogens is 2. The Labute approximate surface area is 152 Å². The van der Waals surface area contributed by atoms with Gasteiger partial charge in [0.2, 0.25) is 0 Å². The average molecular weight is 364 g/mol. The largest absolute Gasteiger partial charge is 0.418 e. The molecular weight excluding hydrogens is 349 g/mol. The molecular formula is C22H15F3N2. The maximum Gasteiger partial charge on any atom is 0.418 e. The normalized spacial score (nSPS) is 12.4. The summed E-state index contributed by atoms with van der Waals surface area (Å²) in [4.78, 5) is 3.42. The number of nitrogens with zero attached hydrogens (tertiary/aromatic N) is 1. The Morgan fingerprint density at radius 1 is 0.852 bits per heavy atom. The van der Waals surface area contributed by atoms with Crippen molar-refractivity contribution in [3.63, 3.8) is 0 Å². The summed E-state index contributed by atoms with van der Waals surface area (Å²) < 4.78 is 42.0. The number of hydrogen-bond donors (Lipinski definition) is 1. The summed E-state index contributed by atoms with van der Waals surface area (Å²) in [5, 5.41) is 3.09. The van der Waals surface area contributed by atoms with Gasteiger partial charge in [0.05, 0.1) is 22.3 Å². The van der Waals surface area contributed by atoms with Gasteiger partial charge >= 0.3 is 6.18 Å². The predicted molar refractivity (Wildman–Crippen MR) is 102 cm³/mol.